The topological polar surface area (TPSA) is 73.0 Å². The zero-order valence-corrected chi connectivity index (χ0v) is 16.2. The molecule has 0 bridgehead atoms. The number of nitrogens with zero attached hydrogens (tertiary/aromatic N) is 5. The van der Waals surface area contributed by atoms with Gasteiger partial charge in [0.15, 0.2) is 0 Å². The first-order valence-corrected chi connectivity index (χ1v) is 9.18. The number of carbonyl (C=O) groups excluding carboxylic acids is 1. The summed E-state index contributed by atoms with van der Waals surface area (Å²) < 4.78 is 3.11. The van der Waals surface area contributed by atoms with E-state index in [2.05, 4.69) is 17.1 Å². The van der Waals surface area contributed by atoms with Gasteiger partial charge in [-0.2, -0.15) is 10.2 Å². The van der Waals surface area contributed by atoms with Gasteiger partial charge in [-0.1, -0.05) is 6.92 Å². The number of likely N-dealkylation sites (tertiary alicyclic amines) is 1. The van der Waals surface area contributed by atoms with E-state index in [1.165, 1.54) is 10.7 Å². The monoisotopic (exact) mass is 357 g/mol. The molecule has 1 fully saturated rings. The quantitative estimate of drug-likeness (QED) is 0.843. The summed E-state index contributed by atoms with van der Waals surface area (Å²) in [4.78, 5) is 27.1. The first-order chi connectivity index (χ1) is 12.3. The molecule has 0 unspecified atom stereocenters. The van der Waals surface area contributed by atoms with Crippen molar-refractivity contribution in [2.45, 2.75) is 46.6 Å². The minimum Gasteiger partial charge on any atom is -0.341 e. The fraction of sp³-hybridized carbons (Fsp3) is 0.579. The Morgan fingerprint density at radius 1 is 1.27 bits per heavy atom. The van der Waals surface area contributed by atoms with Crippen LogP contribution in [0.3, 0.4) is 0 Å². The molecular formula is C19H27N5O2. The lowest BCUT2D eigenvalue weighted by molar-refractivity contribution is -0.136. The van der Waals surface area contributed by atoms with Gasteiger partial charge in [-0.15, -0.1) is 0 Å². The van der Waals surface area contributed by atoms with E-state index in [1.54, 1.807) is 17.7 Å². The van der Waals surface area contributed by atoms with Crippen molar-refractivity contribution < 1.29 is 4.79 Å². The second-order valence-corrected chi connectivity index (χ2v) is 7.38. The van der Waals surface area contributed by atoms with Crippen molar-refractivity contribution in [3.05, 3.63) is 33.9 Å². The highest BCUT2D eigenvalue weighted by molar-refractivity contribution is 5.80. The predicted octanol–water partition coefficient (Wildman–Crippen LogP) is 2.08. The van der Waals surface area contributed by atoms with Gasteiger partial charge in [0.05, 0.1) is 11.4 Å². The van der Waals surface area contributed by atoms with Crippen LogP contribution in [0.25, 0.3) is 11.3 Å². The van der Waals surface area contributed by atoms with Crippen LogP contribution < -0.4 is 5.56 Å². The normalized spacial score (nSPS) is 18.8. The van der Waals surface area contributed by atoms with Gasteiger partial charge in [0.1, 0.15) is 6.04 Å². The van der Waals surface area contributed by atoms with Crippen molar-refractivity contribution in [1.82, 2.24) is 24.5 Å². The highest BCUT2D eigenvalue weighted by atomic mass is 16.2. The Morgan fingerprint density at radius 3 is 2.62 bits per heavy atom. The van der Waals surface area contributed by atoms with Gasteiger partial charge in [0.2, 0.25) is 5.91 Å². The zero-order chi connectivity index (χ0) is 19.0. The number of hydrogen-bond donors (Lipinski definition) is 0. The molecule has 7 nitrogen and oxygen atoms in total. The summed E-state index contributed by atoms with van der Waals surface area (Å²) in [6, 6.07) is 2.57. The molecule has 1 saturated heterocycles. The Balaban J connectivity index is 1.95. The Hall–Kier alpha value is -2.44. The highest BCUT2D eigenvalue weighted by Gasteiger charge is 2.27. The van der Waals surface area contributed by atoms with E-state index in [0.717, 1.165) is 42.9 Å². The van der Waals surface area contributed by atoms with Crippen LogP contribution >= 0.6 is 0 Å². The molecule has 26 heavy (non-hydrogen) atoms. The Labute approximate surface area is 153 Å². The van der Waals surface area contributed by atoms with Crippen molar-refractivity contribution in [3.8, 4) is 11.3 Å². The van der Waals surface area contributed by atoms with Gasteiger partial charge in [0.25, 0.3) is 5.56 Å². The molecule has 2 atom stereocenters. The fourth-order valence-corrected chi connectivity index (χ4v) is 3.74. The number of carbonyl (C=O) groups is 1. The summed E-state index contributed by atoms with van der Waals surface area (Å²) in [7, 11) is 1.88. The van der Waals surface area contributed by atoms with E-state index in [4.69, 9.17) is 0 Å². The van der Waals surface area contributed by atoms with Gasteiger partial charge in [-0.25, -0.2) is 4.68 Å². The Morgan fingerprint density at radius 2 is 2.00 bits per heavy atom. The van der Waals surface area contributed by atoms with E-state index in [9.17, 15) is 9.59 Å². The molecule has 3 heterocycles. The maximum absolute atomic E-state index is 12.9. The predicted molar refractivity (Wildman–Crippen MR) is 99.9 cm³/mol. The molecule has 1 aliphatic heterocycles. The van der Waals surface area contributed by atoms with Crippen molar-refractivity contribution in [2.75, 3.05) is 13.1 Å². The van der Waals surface area contributed by atoms with E-state index in [-0.39, 0.29) is 11.5 Å². The number of aryl methyl sites for hydroxylation is 2. The van der Waals surface area contributed by atoms with Crippen LogP contribution in [0.15, 0.2) is 16.9 Å². The van der Waals surface area contributed by atoms with Gasteiger partial charge in [-0.3, -0.25) is 14.3 Å². The summed E-state index contributed by atoms with van der Waals surface area (Å²) in [5.41, 5.74) is 3.14. The largest absolute Gasteiger partial charge is 0.341 e. The van der Waals surface area contributed by atoms with Gasteiger partial charge < -0.3 is 4.90 Å². The van der Waals surface area contributed by atoms with Crippen LogP contribution in [0.5, 0.6) is 0 Å². The molecule has 0 N–H and O–H groups in total. The van der Waals surface area contributed by atoms with Crippen molar-refractivity contribution in [1.29, 1.82) is 0 Å². The molecule has 140 valence electrons. The SMILES string of the molecule is Cc1nn(C)c(C)c1-c1ccc(=O)n([C@@H](C)C(=O)N2CCC[C@H](C)C2)n1. The maximum Gasteiger partial charge on any atom is 0.267 e. The number of piperidine rings is 1. The van der Waals surface area contributed by atoms with E-state index in [1.807, 2.05) is 25.8 Å². The number of hydrogen-bond acceptors (Lipinski definition) is 4. The molecule has 2 aromatic heterocycles. The van der Waals surface area contributed by atoms with Gasteiger partial charge in [0, 0.05) is 37.5 Å². The van der Waals surface area contributed by atoms with Crippen molar-refractivity contribution in [3.63, 3.8) is 0 Å². The minimum atomic E-state index is -0.620. The average molecular weight is 357 g/mol. The highest BCUT2D eigenvalue weighted by Crippen LogP contribution is 2.24. The summed E-state index contributed by atoms with van der Waals surface area (Å²) in [6.45, 7) is 9.30. The third kappa shape index (κ3) is 3.30. The molecule has 2 aromatic rings. The first kappa shape index (κ1) is 18.4. The molecule has 7 heteroatoms. The molecular weight excluding hydrogens is 330 g/mol. The second kappa shape index (κ2) is 7.05. The van der Waals surface area contributed by atoms with Crippen LogP contribution in [0.2, 0.25) is 0 Å². The van der Waals surface area contributed by atoms with Crippen LogP contribution in [0, 0.1) is 19.8 Å². The smallest absolute Gasteiger partial charge is 0.267 e. The van der Waals surface area contributed by atoms with Crippen LogP contribution in [0.1, 0.15) is 44.1 Å². The van der Waals surface area contributed by atoms with E-state index >= 15 is 0 Å². The molecule has 1 amide bonds. The lowest BCUT2D eigenvalue weighted by Crippen LogP contribution is -2.44. The third-order valence-electron chi connectivity index (χ3n) is 5.28. The molecule has 3 rings (SSSR count). The molecule has 0 spiro atoms. The lowest BCUT2D eigenvalue weighted by Gasteiger charge is -2.32. The number of amides is 1. The lowest BCUT2D eigenvalue weighted by atomic mass is 10.00. The summed E-state index contributed by atoms with van der Waals surface area (Å²) in [6.07, 6.45) is 2.15. The van der Waals surface area contributed by atoms with Crippen LogP contribution in [-0.4, -0.2) is 43.5 Å². The average Bonchev–Trinajstić information content (AvgIpc) is 2.86. The number of rotatable bonds is 3. The van der Waals surface area contributed by atoms with Crippen LogP contribution in [-0.2, 0) is 11.8 Å². The molecule has 0 aliphatic carbocycles. The zero-order valence-electron chi connectivity index (χ0n) is 16.2. The van der Waals surface area contributed by atoms with Crippen LogP contribution in [0.4, 0.5) is 0 Å². The third-order valence-corrected chi connectivity index (χ3v) is 5.28. The standard InChI is InChI=1S/C19H27N5O2/c1-12-7-6-10-23(11-12)19(26)15(4)24-17(25)9-8-16(21-24)18-13(2)20-22(5)14(18)3/h8-9,12,15H,6-7,10-11H2,1-5H3/t12-,15-/m0/s1. The fourth-order valence-electron chi connectivity index (χ4n) is 3.74. The van der Waals surface area contributed by atoms with Gasteiger partial charge >= 0.3 is 0 Å². The molecule has 1 aliphatic rings. The van der Waals surface area contributed by atoms with E-state index < -0.39 is 6.04 Å². The molecule has 0 aromatic carbocycles. The number of aromatic nitrogens is 4. The van der Waals surface area contributed by atoms with Crippen molar-refractivity contribution >= 4 is 5.91 Å². The summed E-state index contributed by atoms with van der Waals surface area (Å²) in [5, 5.41) is 8.93. The molecule has 0 radical (unpaired) electrons. The minimum absolute atomic E-state index is 0.0390. The maximum atomic E-state index is 12.9. The second-order valence-electron chi connectivity index (χ2n) is 7.38. The summed E-state index contributed by atoms with van der Waals surface area (Å²) in [5.74, 6) is 0.458. The Bertz CT molecular complexity index is 883. The van der Waals surface area contributed by atoms with Gasteiger partial charge in [-0.05, 0) is 45.6 Å². The Kier molecular flexibility index (Phi) is 4.98. The van der Waals surface area contributed by atoms with E-state index in [0.29, 0.717) is 11.6 Å². The van der Waals surface area contributed by atoms with Crippen molar-refractivity contribution in [2.24, 2.45) is 13.0 Å². The summed E-state index contributed by atoms with van der Waals surface area (Å²) >= 11 is 0. The molecule has 0 saturated carbocycles. The first-order valence-electron chi connectivity index (χ1n) is 9.18.